The van der Waals surface area contributed by atoms with Crippen LogP contribution in [0, 0.1) is 13.8 Å². The molecule has 0 spiro atoms. The second-order valence-electron chi connectivity index (χ2n) is 5.07. The minimum atomic E-state index is -0.102. The smallest absolute Gasteiger partial charge is 0.251 e. The molecule has 0 fully saturated rings. The predicted molar refractivity (Wildman–Crippen MR) is 82.4 cm³/mol. The van der Waals surface area contributed by atoms with Gasteiger partial charge in [0.25, 0.3) is 5.91 Å². The molecule has 0 atom stereocenters. The van der Waals surface area contributed by atoms with Crippen molar-refractivity contribution in [2.45, 2.75) is 33.7 Å². The molecule has 0 radical (unpaired) electrons. The Kier molecular flexibility index (Phi) is 4.98. The van der Waals surface area contributed by atoms with E-state index in [1.54, 1.807) is 0 Å². The number of nitrogens with zero attached hydrogens (tertiary/aromatic N) is 1. The molecule has 2 aromatic rings. The van der Waals surface area contributed by atoms with Crippen LogP contribution in [0.25, 0.3) is 0 Å². The Morgan fingerprint density at radius 3 is 2.71 bits per heavy atom. The SMILES string of the molecule is CCCNc1ccc(C(=O)NCc2cc(C)on2)c(C)c1. The minimum Gasteiger partial charge on any atom is -0.385 e. The molecule has 0 saturated heterocycles. The summed E-state index contributed by atoms with van der Waals surface area (Å²) in [5, 5.41) is 10.0. The molecule has 0 saturated carbocycles. The van der Waals surface area contributed by atoms with Crippen LogP contribution in [0.2, 0.25) is 0 Å². The van der Waals surface area contributed by atoms with Crippen molar-refractivity contribution in [1.29, 1.82) is 0 Å². The molecule has 0 bridgehead atoms. The third-order valence-corrected chi connectivity index (χ3v) is 3.16. The zero-order chi connectivity index (χ0) is 15.2. The van der Waals surface area contributed by atoms with Gasteiger partial charge in [-0.2, -0.15) is 0 Å². The second kappa shape index (κ2) is 6.92. The van der Waals surface area contributed by atoms with Gasteiger partial charge < -0.3 is 15.2 Å². The molecule has 0 unspecified atom stereocenters. The molecule has 0 aliphatic rings. The summed E-state index contributed by atoms with van der Waals surface area (Å²) in [5.74, 6) is 0.636. The van der Waals surface area contributed by atoms with Crippen LogP contribution in [0.4, 0.5) is 5.69 Å². The van der Waals surface area contributed by atoms with Gasteiger partial charge in [0.1, 0.15) is 11.5 Å². The summed E-state index contributed by atoms with van der Waals surface area (Å²) in [5.41, 5.74) is 3.39. The average Bonchev–Trinajstić information content (AvgIpc) is 2.88. The number of hydrogen-bond donors (Lipinski definition) is 2. The summed E-state index contributed by atoms with van der Waals surface area (Å²) < 4.78 is 4.97. The van der Waals surface area contributed by atoms with Crippen LogP contribution in [0.15, 0.2) is 28.8 Å². The molecule has 2 N–H and O–H groups in total. The Morgan fingerprint density at radius 1 is 1.29 bits per heavy atom. The van der Waals surface area contributed by atoms with E-state index >= 15 is 0 Å². The largest absolute Gasteiger partial charge is 0.385 e. The lowest BCUT2D eigenvalue weighted by Crippen LogP contribution is -2.23. The summed E-state index contributed by atoms with van der Waals surface area (Å²) >= 11 is 0. The quantitative estimate of drug-likeness (QED) is 0.857. The van der Waals surface area contributed by atoms with Crippen LogP contribution >= 0.6 is 0 Å². The average molecular weight is 287 g/mol. The Balaban J connectivity index is 1.98. The number of anilines is 1. The van der Waals surface area contributed by atoms with Crippen molar-refractivity contribution >= 4 is 11.6 Å². The van der Waals surface area contributed by atoms with Crippen LogP contribution in [-0.2, 0) is 6.54 Å². The number of aromatic nitrogens is 1. The third-order valence-electron chi connectivity index (χ3n) is 3.16. The summed E-state index contributed by atoms with van der Waals surface area (Å²) in [6.45, 7) is 7.17. The summed E-state index contributed by atoms with van der Waals surface area (Å²) in [4.78, 5) is 12.2. The van der Waals surface area contributed by atoms with Crippen LogP contribution < -0.4 is 10.6 Å². The number of amides is 1. The molecule has 112 valence electrons. The minimum absolute atomic E-state index is 0.102. The maximum absolute atomic E-state index is 12.2. The highest BCUT2D eigenvalue weighted by molar-refractivity contribution is 5.96. The van der Waals surface area contributed by atoms with Crippen molar-refractivity contribution in [2.75, 3.05) is 11.9 Å². The molecule has 2 rings (SSSR count). The molecule has 1 aromatic carbocycles. The Morgan fingerprint density at radius 2 is 2.10 bits per heavy atom. The summed E-state index contributed by atoms with van der Waals surface area (Å²) in [6, 6.07) is 7.57. The van der Waals surface area contributed by atoms with Crippen LogP contribution in [-0.4, -0.2) is 17.6 Å². The lowest BCUT2D eigenvalue weighted by atomic mass is 10.1. The number of rotatable bonds is 6. The molecule has 1 aromatic heterocycles. The molecule has 5 heteroatoms. The predicted octanol–water partition coefficient (Wildman–Crippen LogP) is 3.04. The monoisotopic (exact) mass is 287 g/mol. The molecule has 1 heterocycles. The fraction of sp³-hybridized carbons (Fsp3) is 0.375. The number of nitrogens with one attached hydrogen (secondary N) is 2. The van der Waals surface area contributed by atoms with Crippen LogP contribution in [0.5, 0.6) is 0 Å². The van der Waals surface area contributed by atoms with Crippen molar-refractivity contribution < 1.29 is 9.32 Å². The van der Waals surface area contributed by atoms with Crippen molar-refractivity contribution in [1.82, 2.24) is 10.5 Å². The Labute approximate surface area is 124 Å². The van der Waals surface area contributed by atoms with Crippen molar-refractivity contribution in [3.8, 4) is 0 Å². The molecular formula is C16H21N3O2. The lowest BCUT2D eigenvalue weighted by molar-refractivity contribution is 0.0949. The maximum atomic E-state index is 12.2. The van der Waals surface area contributed by atoms with Crippen LogP contribution in [0.3, 0.4) is 0 Å². The Bertz CT molecular complexity index is 620. The first-order valence-electron chi connectivity index (χ1n) is 7.15. The highest BCUT2D eigenvalue weighted by Crippen LogP contribution is 2.15. The zero-order valence-electron chi connectivity index (χ0n) is 12.7. The van der Waals surface area contributed by atoms with E-state index in [1.165, 1.54) is 0 Å². The van der Waals surface area contributed by atoms with Gasteiger partial charge in [0.05, 0.1) is 6.54 Å². The van der Waals surface area contributed by atoms with Gasteiger partial charge in [-0.3, -0.25) is 4.79 Å². The number of hydrogen-bond acceptors (Lipinski definition) is 4. The fourth-order valence-electron chi connectivity index (χ4n) is 2.07. The van der Waals surface area contributed by atoms with E-state index in [-0.39, 0.29) is 5.91 Å². The topological polar surface area (TPSA) is 67.2 Å². The second-order valence-corrected chi connectivity index (χ2v) is 5.07. The van der Waals surface area contributed by atoms with Gasteiger partial charge in [0.2, 0.25) is 0 Å². The first-order chi connectivity index (χ1) is 10.1. The summed E-state index contributed by atoms with van der Waals surface area (Å²) in [7, 11) is 0. The van der Waals surface area contributed by atoms with Gasteiger partial charge in [0, 0.05) is 23.9 Å². The van der Waals surface area contributed by atoms with Gasteiger partial charge in [-0.1, -0.05) is 12.1 Å². The van der Waals surface area contributed by atoms with Gasteiger partial charge >= 0.3 is 0 Å². The van der Waals surface area contributed by atoms with Gasteiger partial charge in [-0.25, -0.2) is 0 Å². The molecule has 0 aliphatic carbocycles. The van der Waals surface area contributed by atoms with Gasteiger partial charge in [-0.15, -0.1) is 0 Å². The third kappa shape index (κ3) is 4.08. The number of aryl methyl sites for hydroxylation is 2. The van der Waals surface area contributed by atoms with Gasteiger partial charge in [-0.05, 0) is 44.0 Å². The molecule has 5 nitrogen and oxygen atoms in total. The molecule has 0 aliphatic heterocycles. The Hall–Kier alpha value is -2.30. The first kappa shape index (κ1) is 15.1. The molecule has 21 heavy (non-hydrogen) atoms. The van der Waals surface area contributed by atoms with E-state index in [4.69, 9.17) is 4.52 Å². The summed E-state index contributed by atoms with van der Waals surface area (Å²) in [6.07, 6.45) is 1.07. The zero-order valence-corrected chi connectivity index (χ0v) is 12.7. The first-order valence-corrected chi connectivity index (χ1v) is 7.15. The van der Waals surface area contributed by atoms with E-state index in [0.29, 0.717) is 12.1 Å². The van der Waals surface area contributed by atoms with E-state index in [9.17, 15) is 4.79 Å². The number of benzene rings is 1. The van der Waals surface area contributed by atoms with Crippen molar-refractivity contribution in [2.24, 2.45) is 0 Å². The van der Waals surface area contributed by atoms with E-state index in [1.807, 2.05) is 38.1 Å². The highest BCUT2D eigenvalue weighted by atomic mass is 16.5. The van der Waals surface area contributed by atoms with Crippen molar-refractivity contribution in [3.05, 3.63) is 46.8 Å². The molecular weight excluding hydrogens is 266 g/mol. The van der Waals surface area contributed by atoms with Gasteiger partial charge in [0.15, 0.2) is 0 Å². The van der Waals surface area contributed by atoms with E-state index in [2.05, 4.69) is 22.7 Å². The highest BCUT2D eigenvalue weighted by Gasteiger charge is 2.10. The standard InChI is InChI=1S/C16H21N3O2/c1-4-7-17-13-5-6-15(11(2)8-13)16(20)18-10-14-9-12(3)21-19-14/h5-6,8-9,17H,4,7,10H2,1-3H3,(H,18,20). The lowest BCUT2D eigenvalue weighted by Gasteiger charge is -2.10. The maximum Gasteiger partial charge on any atom is 0.251 e. The van der Waals surface area contributed by atoms with E-state index < -0.39 is 0 Å². The normalized spacial score (nSPS) is 10.4. The molecule has 1 amide bonds. The number of carbonyl (C=O) groups excluding carboxylic acids is 1. The van der Waals surface area contributed by atoms with Crippen molar-refractivity contribution in [3.63, 3.8) is 0 Å². The fourth-order valence-corrected chi connectivity index (χ4v) is 2.07. The number of carbonyl (C=O) groups is 1. The van der Waals surface area contributed by atoms with Crippen LogP contribution in [0.1, 0.15) is 40.7 Å². The van der Waals surface area contributed by atoms with E-state index in [0.717, 1.165) is 35.7 Å².